The number of benzene rings is 1. The van der Waals surface area contributed by atoms with E-state index in [-0.39, 0.29) is 5.56 Å². The van der Waals surface area contributed by atoms with Crippen LogP contribution in [0.1, 0.15) is 34.0 Å². The number of aliphatic hydroxyl groups is 1. The van der Waals surface area contributed by atoms with E-state index in [2.05, 4.69) is 15.4 Å². The predicted octanol–water partition coefficient (Wildman–Crippen LogP) is 3.45. The molecule has 1 amide bonds. The van der Waals surface area contributed by atoms with Crippen LogP contribution in [-0.4, -0.2) is 43.1 Å². The molecule has 31 heavy (non-hydrogen) atoms. The summed E-state index contributed by atoms with van der Waals surface area (Å²) >= 11 is 6.15. The van der Waals surface area contributed by atoms with Gasteiger partial charge in [0.15, 0.2) is 0 Å². The molecule has 7 nitrogen and oxygen atoms in total. The van der Waals surface area contributed by atoms with E-state index in [4.69, 9.17) is 11.6 Å². The smallest absolute Gasteiger partial charge is 0.374 e. The Kier molecular flexibility index (Phi) is 6.15. The molecule has 2 aromatic heterocycles. The standard InChI is InChI=1S/C20H21ClF3N5O2/c1-12-16(21)13(2)29(27-12)15-6-4-14(5-7-15)17(30)25-9-8-19(31,20(22,23)24)18-26-10-11-28(18)3/h4-7,10-11,31H,8-9H2,1-3H3,(H,25,30). The van der Waals surface area contributed by atoms with Crippen molar-refractivity contribution in [1.82, 2.24) is 24.6 Å². The molecule has 0 aliphatic carbocycles. The molecule has 2 N–H and O–H groups in total. The number of carbonyl (C=O) groups excluding carboxylic acids is 1. The van der Waals surface area contributed by atoms with Crippen molar-refractivity contribution in [3.8, 4) is 5.69 Å². The van der Waals surface area contributed by atoms with E-state index >= 15 is 0 Å². The third-order valence-corrected chi connectivity index (χ3v) is 5.56. The molecule has 2 heterocycles. The summed E-state index contributed by atoms with van der Waals surface area (Å²) in [6.45, 7) is 3.18. The number of hydrogen-bond acceptors (Lipinski definition) is 4. The Bertz CT molecular complexity index is 1090. The first-order valence-corrected chi connectivity index (χ1v) is 9.71. The number of hydrogen-bond donors (Lipinski definition) is 2. The lowest BCUT2D eigenvalue weighted by molar-refractivity contribution is -0.272. The first-order valence-electron chi connectivity index (χ1n) is 9.33. The first kappa shape index (κ1) is 22.8. The van der Waals surface area contributed by atoms with Crippen LogP contribution in [0.4, 0.5) is 13.2 Å². The molecule has 0 aliphatic heterocycles. The van der Waals surface area contributed by atoms with Crippen LogP contribution in [0.5, 0.6) is 0 Å². The van der Waals surface area contributed by atoms with E-state index in [9.17, 15) is 23.1 Å². The summed E-state index contributed by atoms with van der Waals surface area (Å²) in [7, 11) is 1.36. The number of carbonyl (C=O) groups is 1. The minimum atomic E-state index is -4.96. The predicted molar refractivity (Wildman–Crippen MR) is 108 cm³/mol. The summed E-state index contributed by atoms with van der Waals surface area (Å²) in [5.41, 5.74) is -0.825. The number of alkyl halides is 3. The highest BCUT2D eigenvalue weighted by molar-refractivity contribution is 6.31. The van der Waals surface area contributed by atoms with Crippen LogP contribution in [0.3, 0.4) is 0 Å². The van der Waals surface area contributed by atoms with E-state index in [0.29, 0.717) is 16.4 Å². The van der Waals surface area contributed by atoms with Crippen LogP contribution in [0.15, 0.2) is 36.7 Å². The van der Waals surface area contributed by atoms with Gasteiger partial charge < -0.3 is 15.0 Å². The molecule has 0 saturated carbocycles. The van der Waals surface area contributed by atoms with E-state index in [1.807, 2.05) is 6.92 Å². The third-order valence-electron chi connectivity index (χ3n) is 5.01. The van der Waals surface area contributed by atoms with Gasteiger partial charge in [-0.25, -0.2) is 9.67 Å². The number of nitrogens with one attached hydrogen (secondary N) is 1. The summed E-state index contributed by atoms with van der Waals surface area (Å²) in [4.78, 5) is 16.0. The van der Waals surface area contributed by atoms with Gasteiger partial charge in [0.05, 0.1) is 22.1 Å². The number of aryl methyl sites for hydroxylation is 2. The summed E-state index contributed by atoms with van der Waals surface area (Å²) in [5, 5.41) is 17.6. The van der Waals surface area contributed by atoms with Crippen molar-refractivity contribution < 1.29 is 23.1 Å². The number of imidazole rings is 1. The second kappa shape index (κ2) is 8.35. The largest absolute Gasteiger partial charge is 0.424 e. The van der Waals surface area contributed by atoms with Crippen molar-refractivity contribution in [1.29, 1.82) is 0 Å². The SMILES string of the molecule is Cc1nn(-c2ccc(C(=O)NCCC(O)(c3nccn3C)C(F)(F)F)cc2)c(C)c1Cl. The molecule has 166 valence electrons. The average Bonchev–Trinajstić information content (AvgIpc) is 3.26. The van der Waals surface area contributed by atoms with E-state index < -0.39 is 36.5 Å². The van der Waals surface area contributed by atoms with Gasteiger partial charge in [-0.2, -0.15) is 18.3 Å². The highest BCUT2D eigenvalue weighted by Gasteiger charge is 2.57. The molecule has 0 aliphatic rings. The number of amides is 1. The fraction of sp³-hybridized carbons (Fsp3) is 0.350. The second-order valence-electron chi connectivity index (χ2n) is 7.17. The molecule has 3 aromatic rings. The molecule has 1 aromatic carbocycles. The van der Waals surface area contributed by atoms with Crippen LogP contribution in [0.2, 0.25) is 5.02 Å². The topological polar surface area (TPSA) is 85.0 Å². The van der Waals surface area contributed by atoms with Gasteiger partial charge >= 0.3 is 6.18 Å². The molecule has 0 fully saturated rings. The van der Waals surface area contributed by atoms with Crippen molar-refractivity contribution in [3.05, 3.63) is 64.5 Å². The maximum atomic E-state index is 13.5. The normalized spacial score (nSPS) is 13.8. The van der Waals surface area contributed by atoms with E-state index in [0.717, 1.165) is 10.3 Å². The molecule has 1 atom stereocenters. The monoisotopic (exact) mass is 455 g/mol. The van der Waals surface area contributed by atoms with Crippen molar-refractivity contribution in [2.45, 2.75) is 32.0 Å². The Balaban J connectivity index is 1.69. The number of halogens is 4. The minimum Gasteiger partial charge on any atom is -0.374 e. The molecule has 0 bridgehead atoms. The van der Waals surface area contributed by atoms with Crippen molar-refractivity contribution >= 4 is 17.5 Å². The van der Waals surface area contributed by atoms with E-state index in [1.54, 1.807) is 23.7 Å². The summed E-state index contributed by atoms with van der Waals surface area (Å²) in [5.74, 6) is -1.11. The quantitative estimate of drug-likeness (QED) is 0.596. The van der Waals surface area contributed by atoms with Crippen LogP contribution >= 0.6 is 11.6 Å². The number of nitrogens with zero attached hydrogens (tertiary/aromatic N) is 4. The maximum absolute atomic E-state index is 13.5. The molecule has 1 unspecified atom stereocenters. The van der Waals surface area contributed by atoms with Gasteiger partial charge in [-0.3, -0.25) is 4.79 Å². The Hall–Kier alpha value is -2.85. The zero-order valence-electron chi connectivity index (χ0n) is 17.0. The van der Waals surface area contributed by atoms with Crippen LogP contribution in [-0.2, 0) is 12.6 Å². The number of aromatic nitrogens is 4. The molecule has 11 heteroatoms. The lowest BCUT2D eigenvalue weighted by Crippen LogP contribution is -2.46. The Morgan fingerprint density at radius 3 is 2.35 bits per heavy atom. The Morgan fingerprint density at radius 2 is 1.87 bits per heavy atom. The fourth-order valence-corrected chi connectivity index (χ4v) is 3.35. The van der Waals surface area contributed by atoms with Gasteiger partial charge in [0.25, 0.3) is 5.91 Å². The van der Waals surface area contributed by atoms with Gasteiger partial charge in [-0.1, -0.05) is 11.6 Å². The molecule has 3 rings (SSSR count). The highest BCUT2D eigenvalue weighted by Crippen LogP contribution is 2.40. The second-order valence-corrected chi connectivity index (χ2v) is 7.55. The van der Waals surface area contributed by atoms with Gasteiger partial charge in [-0.05, 0) is 38.1 Å². The van der Waals surface area contributed by atoms with Gasteiger partial charge in [0.1, 0.15) is 5.82 Å². The molecular formula is C20H21ClF3N5O2. The van der Waals surface area contributed by atoms with Crippen molar-refractivity contribution in [2.75, 3.05) is 6.54 Å². The fourth-order valence-electron chi connectivity index (χ4n) is 3.23. The molecule has 0 saturated heterocycles. The zero-order valence-corrected chi connectivity index (χ0v) is 17.8. The Morgan fingerprint density at radius 1 is 1.23 bits per heavy atom. The lowest BCUT2D eigenvalue weighted by atomic mass is 9.97. The highest BCUT2D eigenvalue weighted by atomic mass is 35.5. The van der Waals surface area contributed by atoms with Crippen LogP contribution in [0, 0.1) is 13.8 Å². The molecular weight excluding hydrogens is 435 g/mol. The third kappa shape index (κ3) is 4.31. The summed E-state index contributed by atoms with van der Waals surface area (Å²) < 4.78 is 43.3. The number of rotatable bonds is 6. The summed E-state index contributed by atoms with van der Waals surface area (Å²) in [6.07, 6.45) is -3.26. The van der Waals surface area contributed by atoms with Gasteiger partial charge in [0.2, 0.25) is 5.60 Å². The molecule has 0 radical (unpaired) electrons. The van der Waals surface area contributed by atoms with Gasteiger partial charge in [-0.15, -0.1) is 0 Å². The summed E-state index contributed by atoms with van der Waals surface area (Å²) in [6, 6.07) is 6.38. The van der Waals surface area contributed by atoms with Crippen LogP contribution < -0.4 is 5.32 Å². The maximum Gasteiger partial charge on any atom is 0.424 e. The van der Waals surface area contributed by atoms with E-state index in [1.165, 1.54) is 31.6 Å². The lowest BCUT2D eigenvalue weighted by Gasteiger charge is -2.30. The Labute approximate surface area is 181 Å². The average molecular weight is 456 g/mol. The minimum absolute atomic E-state index is 0.254. The molecule has 0 spiro atoms. The van der Waals surface area contributed by atoms with Crippen LogP contribution in [0.25, 0.3) is 5.69 Å². The first-order chi connectivity index (χ1) is 14.5. The zero-order chi connectivity index (χ0) is 23.0. The van der Waals surface area contributed by atoms with Crippen molar-refractivity contribution in [3.63, 3.8) is 0 Å². The van der Waals surface area contributed by atoms with Crippen molar-refractivity contribution in [2.24, 2.45) is 7.05 Å². The van der Waals surface area contributed by atoms with Gasteiger partial charge in [0, 0.05) is 38.0 Å².